The summed E-state index contributed by atoms with van der Waals surface area (Å²) in [7, 11) is 0. The molecule has 0 amide bonds. The maximum atomic E-state index is 12.7. The van der Waals surface area contributed by atoms with E-state index in [9.17, 15) is 24.0 Å². The predicted octanol–water partition coefficient (Wildman–Crippen LogP) is 3.31. The molecular weight excluding hydrogens is 472 g/mol. The van der Waals surface area contributed by atoms with Crippen LogP contribution in [0.2, 0.25) is 0 Å². The molecule has 1 N–H and O–H groups in total. The number of rotatable bonds is 9. The number of esters is 4. The van der Waals surface area contributed by atoms with Crippen molar-refractivity contribution in [3.8, 4) is 0 Å². The van der Waals surface area contributed by atoms with E-state index in [2.05, 4.69) is 11.3 Å². The SMILES string of the molecule is C=CC(=O)OCOC(=O)C1CCC(OC(=O)C2CCC(C(=O)OC3CCC(C(=O)O)CC3)CC2)CC1. The van der Waals surface area contributed by atoms with E-state index >= 15 is 0 Å². The molecule has 0 bridgehead atoms. The van der Waals surface area contributed by atoms with Crippen LogP contribution in [0.3, 0.4) is 0 Å². The largest absolute Gasteiger partial charge is 0.481 e. The minimum atomic E-state index is -0.788. The Morgan fingerprint density at radius 3 is 1.42 bits per heavy atom. The highest BCUT2D eigenvalue weighted by molar-refractivity contribution is 5.81. The number of ether oxygens (including phenoxy) is 4. The summed E-state index contributed by atoms with van der Waals surface area (Å²) in [5, 5.41) is 9.09. The lowest BCUT2D eigenvalue weighted by atomic mass is 9.81. The fourth-order valence-corrected chi connectivity index (χ4v) is 5.25. The third kappa shape index (κ3) is 8.06. The Balaban J connectivity index is 1.31. The second kappa shape index (κ2) is 13.4. The fourth-order valence-electron chi connectivity index (χ4n) is 5.25. The zero-order valence-corrected chi connectivity index (χ0v) is 20.6. The standard InChI is InChI=1S/C26H36O10/c1-2-22(27)33-15-34-24(30)17-9-13-21(14-10-17)36-26(32)19-5-3-18(4-6-19)25(31)35-20-11-7-16(8-12-20)23(28)29/h2,16-21H,1,3-15H2,(H,28,29). The van der Waals surface area contributed by atoms with Gasteiger partial charge in [0.2, 0.25) is 6.79 Å². The van der Waals surface area contributed by atoms with Crippen molar-refractivity contribution in [2.45, 2.75) is 89.3 Å². The van der Waals surface area contributed by atoms with Gasteiger partial charge in [0, 0.05) is 6.08 Å². The minimum Gasteiger partial charge on any atom is -0.481 e. The number of carboxylic acids is 1. The van der Waals surface area contributed by atoms with E-state index in [0.29, 0.717) is 77.0 Å². The first-order chi connectivity index (χ1) is 17.3. The number of carbonyl (C=O) groups excluding carboxylic acids is 4. The van der Waals surface area contributed by atoms with Crippen molar-refractivity contribution in [1.29, 1.82) is 0 Å². The van der Waals surface area contributed by atoms with Crippen LogP contribution in [-0.2, 0) is 42.9 Å². The molecule has 10 nitrogen and oxygen atoms in total. The molecule has 0 spiro atoms. The van der Waals surface area contributed by atoms with Crippen LogP contribution in [-0.4, -0.2) is 54.0 Å². The van der Waals surface area contributed by atoms with E-state index in [1.54, 1.807) is 0 Å². The second-order valence-electron chi connectivity index (χ2n) is 9.96. The Morgan fingerprint density at radius 2 is 1.00 bits per heavy atom. The summed E-state index contributed by atoms with van der Waals surface area (Å²) >= 11 is 0. The van der Waals surface area contributed by atoms with E-state index in [-0.39, 0.29) is 47.8 Å². The van der Waals surface area contributed by atoms with Crippen molar-refractivity contribution in [2.75, 3.05) is 6.79 Å². The second-order valence-corrected chi connectivity index (χ2v) is 9.96. The average molecular weight is 509 g/mol. The Kier molecular flexibility index (Phi) is 10.3. The number of carbonyl (C=O) groups is 5. The van der Waals surface area contributed by atoms with Crippen LogP contribution >= 0.6 is 0 Å². The van der Waals surface area contributed by atoms with Crippen molar-refractivity contribution in [1.82, 2.24) is 0 Å². The summed E-state index contributed by atoms with van der Waals surface area (Å²) in [6.07, 6.45) is 7.17. The van der Waals surface area contributed by atoms with Gasteiger partial charge < -0.3 is 24.1 Å². The zero-order chi connectivity index (χ0) is 26.1. The van der Waals surface area contributed by atoms with Gasteiger partial charge in [-0.05, 0) is 77.0 Å². The van der Waals surface area contributed by atoms with Gasteiger partial charge in [-0.1, -0.05) is 6.58 Å². The summed E-state index contributed by atoms with van der Waals surface area (Å²) in [6.45, 7) is 2.82. The molecule has 0 saturated heterocycles. The Bertz CT molecular complexity index is 813. The summed E-state index contributed by atoms with van der Waals surface area (Å²) in [4.78, 5) is 59.4. The normalized spacial score (nSPS) is 30.3. The van der Waals surface area contributed by atoms with Gasteiger partial charge in [-0.2, -0.15) is 0 Å². The first-order valence-electron chi connectivity index (χ1n) is 12.9. The van der Waals surface area contributed by atoms with E-state index in [1.807, 2.05) is 0 Å². The van der Waals surface area contributed by atoms with Gasteiger partial charge in [0.05, 0.1) is 23.7 Å². The van der Waals surface area contributed by atoms with Gasteiger partial charge in [0.15, 0.2) is 0 Å². The maximum Gasteiger partial charge on any atom is 0.333 e. The number of carboxylic acid groups (broad SMARTS) is 1. The van der Waals surface area contributed by atoms with Gasteiger partial charge in [-0.25, -0.2) is 4.79 Å². The molecule has 3 fully saturated rings. The highest BCUT2D eigenvalue weighted by atomic mass is 16.7. The van der Waals surface area contributed by atoms with E-state index < -0.39 is 24.7 Å². The highest BCUT2D eigenvalue weighted by Crippen LogP contribution is 2.34. The third-order valence-corrected chi connectivity index (χ3v) is 7.56. The zero-order valence-electron chi connectivity index (χ0n) is 20.6. The summed E-state index contributed by atoms with van der Waals surface area (Å²) in [5.74, 6) is -3.53. The molecule has 0 aromatic rings. The van der Waals surface area contributed by atoms with Crippen LogP contribution in [0.25, 0.3) is 0 Å². The molecule has 0 atom stereocenters. The van der Waals surface area contributed by atoms with Gasteiger partial charge in [0.25, 0.3) is 0 Å². The predicted molar refractivity (Wildman–Crippen MR) is 124 cm³/mol. The topological polar surface area (TPSA) is 142 Å². The molecular formula is C26H36O10. The van der Waals surface area contributed by atoms with Gasteiger partial charge in [-0.15, -0.1) is 0 Å². The first-order valence-corrected chi connectivity index (χ1v) is 12.9. The Hall–Kier alpha value is -2.91. The molecule has 10 heteroatoms. The van der Waals surface area contributed by atoms with E-state index in [0.717, 1.165) is 6.08 Å². The van der Waals surface area contributed by atoms with Crippen LogP contribution in [0.5, 0.6) is 0 Å². The van der Waals surface area contributed by atoms with Crippen LogP contribution < -0.4 is 0 Å². The molecule has 200 valence electrons. The molecule has 36 heavy (non-hydrogen) atoms. The Morgan fingerprint density at radius 1 is 0.611 bits per heavy atom. The molecule has 0 aromatic carbocycles. The highest BCUT2D eigenvalue weighted by Gasteiger charge is 2.36. The fraction of sp³-hybridized carbons (Fsp3) is 0.731. The minimum absolute atomic E-state index is 0.217. The number of aliphatic carboxylic acids is 1. The van der Waals surface area contributed by atoms with Crippen LogP contribution in [0, 0.1) is 23.7 Å². The lowest BCUT2D eigenvalue weighted by molar-refractivity contribution is -0.170. The lowest BCUT2D eigenvalue weighted by Gasteiger charge is -2.31. The van der Waals surface area contributed by atoms with E-state index in [4.69, 9.17) is 19.3 Å². The molecule has 3 aliphatic carbocycles. The Labute approximate surface area is 210 Å². The third-order valence-electron chi connectivity index (χ3n) is 7.56. The summed E-state index contributed by atoms with van der Waals surface area (Å²) in [5.41, 5.74) is 0. The number of hydrogen-bond donors (Lipinski definition) is 1. The van der Waals surface area contributed by atoms with Crippen molar-refractivity contribution >= 4 is 29.8 Å². The lowest BCUT2D eigenvalue weighted by Crippen LogP contribution is -2.34. The van der Waals surface area contributed by atoms with Gasteiger partial charge >= 0.3 is 29.8 Å². The molecule has 3 aliphatic rings. The molecule has 0 aromatic heterocycles. The van der Waals surface area contributed by atoms with Crippen molar-refractivity contribution in [3.05, 3.63) is 12.7 Å². The molecule has 0 heterocycles. The van der Waals surface area contributed by atoms with E-state index in [1.165, 1.54) is 0 Å². The van der Waals surface area contributed by atoms with Gasteiger partial charge in [0.1, 0.15) is 12.2 Å². The van der Waals surface area contributed by atoms with Gasteiger partial charge in [-0.3, -0.25) is 19.2 Å². The van der Waals surface area contributed by atoms with Crippen LogP contribution in [0.4, 0.5) is 0 Å². The van der Waals surface area contributed by atoms with Crippen molar-refractivity contribution in [3.63, 3.8) is 0 Å². The van der Waals surface area contributed by atoms with Crippen LogP contribution in [0.1, 0.15) is 77.0 Å². The quantitative estimate of drug-likeness (QED) is 0.213. The average Bonchev–Trinajstić information content (AvgIpc) is 2.89. The summed E-state index contributed by atoms with van der Waals surface area (Å²) < 4.78 is 20.9. The monoisotopic (exact) mass is 508 g/mol. The van der Waals surface area contributed by atoms with Crippen molar-refractivity contribution < 1.29 is 48.0 Å². The molecule has 0 radical (unpaired) electrons. The van der Waals surface area contributed by atoms with Crippen molar-refractivity contribution in [2.24, 2.45) is 23.7 Å². The molecule has 3 rings (SSSR count). The maximum absolute atomic E-state index is 12.7. The molecule has 0 unspecified atom stereocenters. The van der Waals surface area contributed by atoms with Crippen LogP contribution in [0.15, 0.2) is 12.7 Å². The molecule has 3 saturated carbocycles. The smallest absolute Gasteiger partial charge is 0.333 e. The summed E-state index contributed by atoms with van der Waals surface area (Å²) in [6, 6.07) is 0. The number of hydrogen-bond acceptors (Lipinski definition) is 9. The molecule has 0 aliphatic heterocycles. The first kappa shape index (κ1) is 27.7.